The third-order valence-corrected chi connectivity index (χ3v) is 4.06. The second-order valence-electron chi connectivity index (χ2n) is 5.68. The maximum absolute atomic E-state index is 13.3. The van der Waals surface area contributed by atoms with Gasteiger partial charge in [0, 0.05) is 24.2 Å². The average Bonchev–Trinajstić information content (AvgIpc) is 2.55. The van der Waals surface area contributed by atoms with Gasteiger partial charge in [0.25, 0.3) is 0 Å². The number of fused-ring (bicyclic) bond motifs is 1. The number of methoxy groups -OCH3 is 1. The third kappa shape index (κ3) is 3.28. The van der Waals surface area contributed by atoms with Crippen LogP contribution in [0, 0.1) is 5.82 Å². The highest BCUT2D eigenvalue weighted by atomic mass is 19.1. The molecular weight excluding hydrogens is 295 g/mol. The van der Waals surface area contributed by atoms with Crippen molar-refractivity contribution in [2.45, 2.75) is 25.8 Å². The Morgan fingerprint density at radius 2 is 2.04 bits per heavy atom. The Kier molecular flexibility index (Phi) is 4.19. The Labute approximate surface area is 134 Å². The summed E-state index contributed by atoms with van der Waals surface area (Å²) in [4.78, 5) is 11.4. The van der Waals surface area contributed by atoms with Gasteiger partial charge in [-0.1, -0.05) is 12.1 Å². The molecule has 3 rings (SSSR count). The molecule has 0 saturated carbocycles. The molecule has 4 nitrogen and oxygen atoms in total. The fourth-order valence-electron chi connectivity index (χ4n) is 2.77. The molecule has 0 fully saturated rings. The fraction of sp³-hybridized carbons (Fsp3) is 0.278. The number of hydrogen-bond acceptors (Lipinski definition) is 3. The van der Waals surface area contributed by atoms with Crippen LogP contribution in [0.25, 0.3) is 0 Å². The number of nitrogens with one attached hydrogen (secondary N) is 2. The summed E-state index contributed by atoms with van der Waals surface area (Å²) in [6.45, 7) is 2.03. The molecule has 2 N–H and O–H groups in total. The van der Waals surface area contributed by atoms with Crippen LogP contribution >= 0.6 is 0 Å². The lowest BCUT2D eigenvalue weighted by molar-refractivity contribution is -0.116. The summed E-state index contributed by atoms with van der Waals surface area (Å²) in [6.07, 6.45) is 1.27. The zero-order valence-corrected chi connectivity index (χ0v) is 13.2. The predicted octanol–water partition coefficient (Wildman–Crippen LogP) is 3.89. The van der Waals surface area contributed by atoms with Gasteiger partial charge in [-0.15, -0.1) is 0 Å². The molecule has 23 heavy (non-hydrogen) atoms. The van der Waals surface area contributed by atoms with Gasteiger partial charge in [-0.3, -0.25) is 4.79 Å². The van der Waals surface area contributed by atoms with Crippen LogP contribution in [0.2, 0.25) is 0 Å². The van der Waals surface area contributed by atoms with E-state index in [1.54, 1.807) is 6.07 Å². The summed E-state index contributed by atoms with van der Waals surface area (Å²) in [6, 6.07) is 10.5. The van der Waals surface area contributed by atoms with Crippen molar-refractivity contribution in [2.75, 3.05) is 17.7 Å². The standard InChI is InChI=1S/C18H19FN2O2/c1-11(20-16-7-5-14(19)10-17(16)23-2)12-3-6-15-13(9-12)4-8-18(22)21-15/h3,5-7,9-11,20H,4,8H2,1-2H3,(H,21,22). The number of amides is 1. The molecule has 1 heterocycles. The summed E-state index contributed by atoms with van der Waals surface area (Å²) < 4.78 is 18.5. The van der Waals surface area contributed by atoms with Crippen LogP contribution in [0.1, 0.15) is 30.5 Å². The van der Waals surface area contributed by atoms with E-state index < -0.39 is 0 Å². The van der Waals surface area contributed by atoms with Crippen molar-refractivity contribution in [2.24, 2.45) is 0 Å². The second kappa shape index (κ2) is 6.28. The minimum Gasteiger partial charge on any atom is -0.494 e. The summed E-state index contributed by atoms with van der Waals surface area (Å²) in [5.74, 6) is 0.208. The molecule has 1 aliphatic heterocycles. The number of anilines is 2. The van der Waals surface area contributed by atoms with E-state index in [0.29, 0.717) is 12.2 Å². The van der Waals surface area contributed by atoms with Crippen molar-refractivity contribution in [1.29, 1.82) is 0 Å². The number of carbonyl (C=O) groups excluding carboxylic acids is 1. The van der Waals surface area contributed by atoms with Crippen LogP contribution in [0.4, 0.5) is 15.8 Å². The van der Waals surface area contributed by atoms with E-state index in [1.165, 1.54) is 19.2 Å². The first-order valence-corrected chi connectivity index (χ1v) is 7.59. The Balaban J connectivity index is 1.81. The van der Waals surface area contributed by atoms with Crippen LogP contribution in [0.3, 0.4) is 0 Å². The fourth-order valence-corrected chi connectivity index (χ4v) is 2.77. The Morgan fingerprint density at radius 3 is 2.83 bits per heavy atom. The molecule has 0 aromatic heterocycles. The predicted molar refractivity (Wildman–Crippen MR) is 88.4 cm³/mol. The highest BCUT2D eigenvalue weighted by Gasteiger charge is 2.17. The number of hydrogen-bond donors (Lipinski definition) is 2. The van der Waals surface area contributed by atoms with Gasteiger partial charge in [0.15, 0.2) is 0 Å². The van der Waals surface area contributed by atoms with E-state index in [4.69, 9.17) is 4.74 Å². The van der Waals surface area contributed by atoms with Gasteiger partial charge in [-0.2, -0.15) is 0 Å². The average molecular weight is 314 g/mol. The minimum absolute atomic E-state index is 0.0253. The largest absolute Gasteiger partial charge is 0.494 e. The van der Waals surface area contributed by atoms with Gasteiger partial charge in [-0.05, 0) is 42.7 Å². The number of rotatable bonds is 4. The third-order valence-electron chi connectivity index (χ3n) is 4.06. The summed E-state index contributed by atoms with van der Waals surface area (Å²) in [7, 11) is 1.52. The first kappa shape index (κ1) is 15.3. The Bertz CT molecular complexity index is 746. The summed E-state index contributed by atoms with van der Waals surface area (Å²) in [5, 5.41) is 6.22. The lowest BCUT2D eigenvalue weighted by Gasteiger charge is -2.21. The number of benzene rings is 2. The van der Waals surface area contributed by atoms with E-state index >= 15 is 0 Å². The minimum atomic E-state index is -0.329. The molecular formula is C18H19FN2O2. The van der Waals surface area contributed by atoms with Crippen molar-refractivity contribution in [1.82, 2.24) is 0 Å². The van der Waals surface area contributed by atoms with Crippen molar-refractivity contribution in [3.8, 4) is 5.75 Å². The zero-order chi connectivity index (χ0) is 16.4. The normalized spacial score (nSPS) is 14.7. The molecule has 1 atom stereocenters. The molecule has 5 heteroatoms. The molecule has 2 aromatic rings. The number of carbonyl (C=O) groups is 1. The van der Waals surface area contributed by atoms with Crippen LogP contribution in [0.5, 0.6) is 5.75 Å². The smallest absolute Gasteiger partial charge is 0.224 e. The number of halogens is 1. The molecule has 1 unspecified atom stereocenters. The maximum Gasteiger partial charge on any atom is 0.224 e. The Hall–Kier alpha value is -2.56. The van der Waals surface area contributed by atoms with Crippen LogP contribution in [-0.2, 0) is 11.2 Å². The molecule has 120 valence electrons. The van der Waals surface area contributed by atoms with Crippen LogP contribution < -0.4 is 15.4 Å². The molecule has 0 radical (unpaired) electrons. The summed E-state index contributed by atoms with van der Waals surface area (Å²) >= 11 is 0. The van der Waals surface area contributed by atoms with Gasteiger partial charge in [-0.25, -0.2) is 4.39 Å². The zero-order valence-electron chi connectivity index (χ0n) is 13.2. The lowest BCUT2D eigenvalue weighted by atomic mass is 9.97. The van der Waals surface area contributed by atoms with E-state index in [2.05, 4.69) is 16.7 Å². The SMILES string of the molecule is COc1cc(F)ccc1NC(C)c1ccc2c(c1)CCC(=O)N2. The number of ether oxygens (including phenoxy) is 1. The number of aryl methyl sites for hydroxylation is 1. The molecule has 2 aromatic carbocycles. The second-order valence-corrected chi connectivity index (χ2v) is 5.68. The van der Waals surface area contributed by atoms with Crippen LogP contribution in [-0.4, -0.2) is 13.0 Å². The van der Waals surface area contributed by atoms with Gasteiger partial charge < -0.3 is 15.4 Å². The van der Waals surface area contributed by atoms with Crippen molar-refractivity contribution >= 4 is 17.3 Å². The van der Waals surface area contributed by atoms with E-state index in [9.17, 15) is 9.18 Å². The van der Waals surface area contributed by atoms with Crippen molar-refractivity contribution < 1.29 is 13.9 Å². The monoisotopic (exact) mass is 314 g/mol. The topological polar surface area (TPSA) is 50.4 Å². The highest BCUT2D eigenvalue weighted by molar-refractivity contribution is 5.93. The first-order chi connectivity index (χ1) is 11.1. The van der Waals surface area contributed by atoms with Crippen LogP contribution in [0.15, 0.2) is 36.4 Å². The van der Waals surface area contributed by atoms with E-state index in [-0.39, 0.29) is 17.8 Å². The first-order valence-electron chi connectivity index (χ1n) is 7.59. The Morgan fingerprint density at radius 1 is 1.22 bits per heavy atom. The van der Waals surface area contributed by atoms with Gasteiger partial charge in [0.2, 0.25) is 5.91 Å². The molecule has 1 amide bonds. The van der Waals surface area contributed by atoms with Gasteiger partial charge in [0.05, 0.1) is 12.8 Å². The molecule has 0 aliphatic carbocycles. The maximum atomic E-state index is 13.3. The molecule has 0 bridgehead atoms. The molecule has 0 saturated heterocycles. The van der Waals surface area contributed by atoms with Gasteiger partial charge in [0.1, 0.15) is 11.6 Å². The quantitative estimate of drug-likeness (QED) is 0.900. The van der Waals surface area contributed by atoms with Gasteiger partial charge >= 0.3 is 0 Å². The summed E-state index contributed by atoms with van der Waals surface area (Å²) in [5.41, 5.74) is 3.87. The highest BCUT2D eigenvalue weighted by Crippen LogP contribution is 2.31. The van der Waals surface area contributed by atoms with Crippen molar-refractivity contribution in [3.05, 3.63) is 53.3 Å². The van der Waals surface area contributed by atoms with Crippen molar-refractivity contribution in [3.63, 3.8) is 0 Å². The molecule has 1 aliphatic rings. The molecule has 0 spiro atoms. The lowest BCUT2D eigenvalue weighted by Crippen LogP contribution is -2.19. The van der Waals surface area contributed by atoms with E-state index in [0.717, 1.165) is 28.9 Å². The van der Waals surface area contributed by atoms with E-state index in [1.807, 2.05) is 19.1 Å².